The lowest BCUT2D eigenvalue weighted by Crippen LogP contribution is -2.33. The van der Waals surface area contributed by atoms with Crippen molar-refractivity contribution in [2.75, 3.05) is 4.31 Å². The number of benzene rings is 3. The largest absolute Gasteiger partial charge is 0.416 e. The van der Waals surface area contributed by atoms with E-state index in [-0.39, 0.29) is 22.9 Å². The Morgan fingerprint density at radius 1 is 0.970 bits per heavy atom. The molecule has 4 rings (SSSR count). The topological polar surface area (TPSA) is 55.2 Å². The maximum atomic E-state index is 13.8. The van der Waals surface area contributed by atoms with Crippen molar-refractivity contribution in [1.82, 2.24) is 9.55 Å². The molecular weight excluding hydrogens is 458 g/mol. The molecule has 0 atom stereocenters. The van der Waals surface area contributed by atoms with Gasteiger partial charge in [-0.25, -0.2) is 22.1 Å². The summed E-state index contributed by atoms with van der Waals surface area (Å²) in [7, 11) is -4.15. The Hall–Kier alpha value is -3.40. The number of aromatic nitrogens is 2. The average molecular weight is 477 g/mol. The Labute approximate surface area is 188 Å². The van der Waals surface area contributed by atoms with Gasteiger partial charge in [-0.05, 0) is 48.9 Å². The Morgan fingerprint density at radius 2 is 1.64 bits per heavy atom. The SMILES string of the molecule is CCn1c(N(Cc2ccc(C(F)(F)F)cc2)S(=O)(=O)c2ccccc2)nc2cc(F)ccc21. The quantitative estimate of drug-likeness (QED) is 0.339. The van der Waals surface area contributed by atoms with Gasteiger partial charge in [-0.3, -0.25) is 0 Å². The van der Waals surface area contributed by atoms with E-state index in [0.29, 0.717) is 17.6 Å². The average Bonchev–Trinajstić information content (AvgIpc) is 3.14. The summed E-state index contributed by atoms with van der Waals surface area (Å²) < 4.78 is 82.5. The summed E-state index contributed by atoms with van der Waals surface area (Å²) in [4.78, 5) is 4.38. The molecule has 0 aliphatic heterocycles. The van der Waals surface area contributed by atoms with Gasteiger partial charge >= 0.3 is 6.18 Å². The molecule has 0 unspecified atom stereocenters. The Kier molecular flexibility index (Phi) is 5.87. The highest BCUT2D eigenvalue weighted by atomic mass is 32.2. The first kappa shape index (κ1) is 22.8. The molecule has 10 heteroatoms. The van der Waals surface area contributed by atoms with Crippen molar-refractivity contribution in [3.05, 3.63) is 89.7 Å². The van der Waals surface area contributed by atoms with Crippen LogP contribution in [0.2, 0.25) is 0 Å². The lowest BCUT2D eigenvalue weighted by molar-refractivity contribution is -0.137. The van der Waals surface area contributed by atoms with Crippen LogP contribution in [0.1, 0.15) is 18.1 Å². The molecule has 0 fully saturated rings. The van der Waals surface area contributed by atoms with E-state index >= 15 is 0 Å². The zero-order valence-corrected chi connectivity index (χ0v) is 18.2. The van der Waals surface area contributed by atoms with Crippen molar-refractivity contribution in [3.8, 4) is 0 Å². The minimum atomic E-state index is -4.51. The number of rotatable bonds is 6. The van der Waals surface area contributed by atoms with Crippen LogP contribution < -0.4 is 4.31 Å². The number of hydrogen-bond donors (Lipinski definition) is 0. The number of hydrogen-bond acceptors (Lipinski definition) is 3. The van der Waals surface area contributed by atoms with E-state index in [1.807, 2.05) is 0 Å². The minimum Gasteiger partial charge on any atom is -0.310 e. The third-order valence-electron chi connectivity index (χ3n) is 5.17. The standard InChI is InChI=1S/C23H19F4N3O2S/c1-2-29-21-13-12-18(24)14-20(21)28-22(29)30(33(31,32)19-6-4-3-5-7-19)15-16-8-10-17(11-9-16)23(25,26)27/h3-14H,2,15H2,1H3. The van der Waals surface area contributed by atoms with Gasteiger partial charge in [0, 0.05) is 12.6 Å². The first-order valence-electron chi connectivity index (χ1n) is 10.0. The molecule has 0 saturated carbocycles. The summed E-state index contributed by atoms with van der Waals surface area (Å²) in [5.41, 5.74) is 0.311. The first-order valence-corrected chi connectivity index (χ1v) is 11.4. The number of anilines is 1. The smallest absolute Gasteiger partial charge is 0.310 e. The summed E-state index contributed by atoms with van der Waals surface area (Å²) in [5, 5.41) is 0. The van der Waals surface area contributed by atoms with Crippen LogP contribution >= 0.6 is 0 Å². The van der Waals surface area contributed by atoms with E-state index in [9.17, 15) is 26.0 Å². The number of aryl methyl sites for hydroxylation is 1. The highest BCUT2D eigenvalue weighted by molar-refractivity contribution is 7.92. The second-order valence-electron chi connectivity index (χ2n) is 7.31. The fourth-order valence-corrected chi connectivity index (χ4v) is 4.97. The van der Waals surface area contributed by atoms with Crippen LogP contribution in [0, 0.1) is 5.82 Å². The minimum absolute atomic E-state index is 0.00204. The van der Waals surface area contributed by atoms with Crippen LogP contribution in [-0.4, -0.2) is 18.0 Å². The molecule has 0 radical (unpaired) electrons. The van der Waals surface area contributed by atoms with Crippen molar-refractivity contribution in [2.45, 2.75) is 31.1 Å². The third kappa shape index (κ3) is 4.43. The number of sulfonamides is 1. The maximum Gasteiger partial charge on any atom is 0.416 e. The molecule has 0 spiro atoms. The van der Waals surface area contributed by atoms with E-state index in [4.69, 9.17) is 0 Å². The van der Waals surface area contributed by atoms with Gasteiger partial charge in [0.2, 0.25) is 5.95 Å². The van der Waals surface area contributed by atoms with Gasteiger partial charge in [0.1, 0.15) is 5.82 Å². The predicted octanol–water partition coefficient (Wildman–Crippen LogP) is 5.61. The second kappa shape index (κ2) is 8.51. The van der Waals surface area contributed by atoms with Crippen molar-refractivity contribution >= 4 is 27.0 Å². The Balaban J connectivity index is 1.86. The fourth-order valence-electron chi connectivity index (χ4n) is 3.54. The van der Waals surface area contributed by atoms with Crippen LogP contribution in [0.4, 0.5) is 23.5 Å². The van der Waals surface area contributed by atoms with Crippen LogP contribution in [0.25, 0.3) is 11.0 Å². The van der Waals surface area contributed by atoms with Gasteiger partial charge in [-0.15, -0.1) is 0 Å². The molecule has 5 nitrogen and oxygen atoms in total. The Bertz CT molecular complexity index is 1380. The monoisotopic (exact) mass is 477 g/mol. The van der Waals surface area contributed by atoms with Crippen molar-refractivity contribution in [3.63, 3.8) is 0 Å². The molecule has 0 N–H and O–H groups in total. The highest BCUT2D eigenvalue weighted by Crippen LogP contribution is 2.32. The van der Waals surface area contributed by atoms with E-state index < -0.39 is 27.6 Å². The summed E-state index contributed by atoms with van der Waals surface area (Å²) in [6.07, 6.45) is -4.51. The third-order valence-corrected chi connectivity index (χ3v) is 6.91. The van der Waals surface area contributed by atoms with Gasteiger partial charge < -0.3 is 4.57 Å². The first-order chi connectivity index (χ1) is 15.6. The summed E-state index contributed by atoms with van der Waals surface area (Å²) in [6, 6.07) is 15.9. The lowest BCUT2D eigenvalue weighted by Gasteiger charge is -2.24. The van der Waals surface area contributed by atoms with Gasteiger partial charge in [0.15, 0.2) is 0 Å². The van der Waals surface area contributed by atoms with E-state index in [2.05, 4.69) is 4.98 Å². The van der Waals surface area contributed by atoms with Crippen molar-refractivity contribution < 1.29 is 26.0 Å². The molecule has 0 saturated heterocycles. The summed E-state index contributed by atoms with van der Waals surface area (Å²) in [5.74, 6) is -0.475. The number of halogens is 4. The highest BCUT2D eigenvalue weighted by Gasteiger charge is 2.32. The van der Waals surface area contributed by atoms with Gasteiger partial charge in [-0.2, -0.15) is 13.2 Å². The number of fused-ring (bicyclic) bond motifs is 1. The number of alkyl halides is 3. The van der Waals surface area contributed by atoms with E-state index in [0.717, 1.165) is 16.4 Å². The van der Waals surface area contributed by atoms with Crippen LogP contribution in [0.3, 0.4) is 0 Å². The van der Waals surface area contributed by atoms with Gasteiger partial charge in [0.25, 0.3) is 10.0 Å². The molecule has 3 aromatic carbocycles. The van der Waals surface area contributed by atoms with Crippen molar-refractivity contribution in [1.29, 1.82) is 0 Å². The zero-order chi connectivity index (χ0) is 23.8. The van der Waals surface area contributed by atoms with Gasteiger partial charge in [-0.1, -0.05) is 30.3 Å². The van der Waals surface area contributed by atoms with Gasteiger partial charge in [0.05, 0.1) is 28.0 Å². The lowest BCUT2D eigenvalue weighted by atomic mass is 10.1. The maximum absolute atomic E-state index is 13.8. The predicted molar refractivity (Wildman–Crippen MR) is 117 cm³/mol. The molecule has 172 valence electrons. The zero-order valence-electron chi connectivity index (χ0n) is 17.4. The molecule has 0 amide bonds. The van der Waals surface area contributed by atoms with Crippen LogP contribution in [0.15, 0.2) is 77.7 Å². The number of nitrogens with zero attached hydrogens (tertiary/aromatic N) is 3. The molecule has 4 aromatic rings. The number of imidazole rings is 1. The molecule has 33 heavy (non-hydrogen) atoms. The summed E-state index contributed by atoms with van der Waals surface area (Å²) in [6.45, 7) is 1.87. The second-order valence-corrected chi connectivity index (χ2v) is 9.17. The molecule has 0 bridgehead atoms. The molecule has 0 aliphatic rings. The molecule has 0 aliphatic carbocycles. The van der Waals surface area contributed by atoms with Crippen LogP contribution in [-0.2, 0) is 29.3 Å². The molecule has 1 heterocycles. The summed E-state index contributed by atoms with van der Waals surface area (Å²) >= 11 is 0. The molecular formula is C23H19F4N3O2S. The molecule has 1 aromatic heterocycles. The Morgan fingerprint density at radius 3 is 2.24 bits per heavy atom. The van der Waals surface area contributed by atoms with E-state index in [1.54, 1.807) is 29.7 Å². The van der Waals surface area contributed by atoms with Crippen molar-refractivity contribution in [2.24, 2.45) is 0 Å². The fraction of sp³-hybridized carbons (Fsp3) is 0.174. The normalized spacial score (nSPS) is 12.3. The van der Waals surface area contributed by atoms with E-state index in [1.165, 1.54) is 42.5 Å². The van der Waals surface area contributed by atoms with Crippen LogP contribution in [0.5, 0.6) is 0 Å².